The van der Waals surface area contributed by atoms with Crippen molar-refractivity contribution in [2.45, 2.75) is 23.0 Å². The first-order valence-corrected chi connectivity index (χ1v) is 7.32. The van der Waals surface area contributed by atoms with Gasteiger partial charge < -0.3 is 9.84 Å². The maximum Gasteiger partial charge on any atom is 0.338 e. The van der Waals surface area contributed by atoms with Crippen LogP contribution in [0.4, 0.5) is 4.39 Å². The van der Waals surface area contributed by atoms with Crippen molar-refractivity contribution < 1.29 is 27.4 Å². The molecule has 0 spiro atoms. The Morgan fingerprint density at radius 2 is 1.95 bits per heavy atom. The van der Waals surface area contributed by atoms with Gasteiger partial charge in [-0.05, 0) is 31.0 Å². The van der Waals surface area contributed by atoms with Gasteiger partial charge in [0.15, 0.2) is 9.84 Å². The largest absolute Gasteiger partial charge is 0.478 e. The van der Waals surface area contributed by atoms with Gasteiger partial charge in [0, 0.05) is 13.2 Å². The van der Waals surface area contributed by atoms with Gasteiger partial charge >= 0.3 is 5.97 Å². The van der Waals surface area contributed by atoms with Crippen LogP contribution in [-0.4, -0.2) is 38.0 Å². The number of hydrogen-bond acceptors (Lipinski definition) is 4. The van der Waals surface area contributed by atoms with E-state index in [2.05, 4.69) is 0 Å². The van der Waals surface area contributed by atoms with Gasteiger partial charge in [0.2, 0.25) is 0 Å². The zero-order valence-electron chi connectivity index (χ0n) is 10.0. The lowest BCUT2D eigenvalue weighted by molar-refractivity contribution is 0.0691. The number of rotatable bonds is 3. The Morgan fingerprint density at radius 1 is 1.32 bits per heavy atom. The first kappa shape index (κ1) is 14.0. The number of sulfone groups is 1. The van der Waals surface area contributed by atoms with Crippen LogP contribution in [0.3, 0.4) is 0 Å². The molecule has 1 aliphatic heterocycles. The summed E-state index contributed by atoms with van der Waals surface area (Å²) in [6, 6.07) is 2.85. The van der Waals surface area contributed by atoms with Crippen LogP contribution in [0.5, 0.6) is 0 Å². The molecule has 0 saturated carbocycles. The summed E-state index contributed by atoms with van der Waals surface area (Å²) in [5.74, 6) is -2.43. The minimum Gasteiger partial charge on any atom is -0.478 e. The van der Waals surface area contributed by atoms with E-state index >= 15 is 0 Å². The van der Waals surface area contributed by atoms with E-state index in [1.165, 1.54) is 0 Å². The van der Waals surface area contributed by atoms with E-state index in [0.29, 0.717) is 26.1 Å². The molecule has 0 bridgehead atoms. The first-order valence-electron chi connectivity index (χ1n) is 5.77. The maximum absolute atomic E-state index is 13.3. The van der Waals surface area contributed by atoms with Crippen LogP contribution >= 0.6 is 0 Å². The number of aromatic carboxylic acids is 1. The molecule has 0 unspecified atom stereocenters. The monoisotopic (exact) mass is 288 g/mol. The van der Waals surface area contributed by atoms with Gasteiger partial charge in [-0.2, -0.15) is 0 Å². The molecule has 7 heteroatoms. The van der Waals surface area contributed by atoms with Gasteiger partial charge in [-0.3, -0.25) is 0 Å². The lowest BCUT2D eigenvalue weighted by atomic mass is 10.2. The maximum atomic E-state index is 13.3. The van der Waals surface area contributed by atoms with Crippen molar-refractivity contribution in [3.05, 3.63) is 29.6 Å². The van der Waals surface area contributed by atoms with Gasteiger partial charge in [0.25, 0.3) is 0 Å². The lowest BCUT2D eigenvalue weighted by Gasteiger charge is -2.22. The quantitative estimate of drug-likeness (QED) is 0.852. The molecule has 1 fully saturated rings. The third-order valence-corrected chi connectivity index (χ3v) is 5.36. The molecule has 1 aromatic carbocycles. The van der Waals surface area contributed by atoms with E-state index in [0.717, 1.165) is 18.2 Å². The number of carbonyl (C=O) groups is 1. The molecule has 1 aliphatic rings. The summed E-state index contributed by atoms with van der Waals surface area (Å²) in [4.78, 5) is 10.7. The van der Waals surface area contributed by atoms with Crippen LogP contribution in [-0.2, 0) is 14.6 Å². The summed E-state index contributed by atoms with van der Waals surface area (Å²) in [7, 11) is -3.64. The second-order valence-electron chi connectivity index (χ2n) is 4.30. The van der Waals surface area contributed by atoms with Gasteiger partial charge in [0.05, 0.1) is 15.7 Å². The average Bonchev–Trinajstić information content (AvgIpc) is 2.39. The van der Waals surface area contributed by atoms with E-state index in [1.807, 2.05) is 0 Å². The van der Waals surface area contributed by atoms with Crippen molar-refractivity contribution in [2.75, 3.05) is 13.2 Å². The van der Waals surface area contributed by atoms with Crippen LogP contribution in [0.15, 0.2) is 23.1 Å². The zero-order chi connectivity index (χ0) is 14.0. The lowest BCUT2D eigenvalue weighted by Crippen LogP contribution is -2.29. The van der Waals surface area contributed by atoms with Crippen LogP contribution in [0, 0.1) is 5.82 Å². The molecule has 2 rings (SSSR count). The number of halogens is 1. The molecular formula is C12H13FO5S. The first-order chi connectivity index (χ1) is 8.93. The summed E-state index contributed by atoms with van der Waals surface area (Å²) < 4.78 is 43.0. The molecule has 1 N–H and O–H groups in total. The minimum absolute atomic E-state index is 0.154. The van der Waals surface area contributed by atoms with Gasteiger partial charge in [0.1, 0.15) is 5.82 Å². The topological polar surface area (TPSA) is 80.7 Å². The van der Waals surface area contributed by atoms with Gasteiger partial charge in [-0.15, -0.1) is 0 Å². The van der Waals surface area contributed by atoms with Crippen LogP contribution in [0.1, 0.15) is 23.2 Å². The fraction of sp³-hybridized carbons (Fsp3) is 0.417. The van der Waals surface area contributed by atoms with E-state index < -0.39 is 32.4 Å². The van der Waals surface area contributed by atoms with Gasteiger partial charge in [-0.25, -0.2) is 17.6 Å². The van der Waals surface area contributed by atoms with Crippen LogP contribution < -0.4 is 0 Å². The molecule has 0 aromatic heterocycles. The predicted octanol–water partition coefficient (Wildman–Crippen LogP) is 1.48. The summed E-state index contributed by atoms with van der Waals surface area (Å²) in [6.45, 7) is 0.716. The SMILES string of the molecule is O=C(O)c1cc(S(=O)(=O)C2CCOCC2)ccc1F. The molecule has 104 valence electrons. The van der Waals surface area contributed by atoms with Crippen molar-refractivity contribution in [3.8, 4) is 0 Å². The van der Waals surface area contributed by atoms with Crippen molar-refractivity contribution in [1.29, 1.82) is 0 Å². The van der Waals surface area contributed by atoms with Crippen molar-refractivity contribution in [2.24, 2.45) is 0 Å². The van der Waals surface area contributed by atoms with Crippen LogP contribution in [0.25, 0.3) is 0 Å². The molecule has 1 aromatic rings. The smallest absolute Gasteiger partial charge is 0.338 e. The molecule has 0 aliphatic carbocycles. The Kier molecular flexibility index (Phi) is 3.86. The Hall–Kier alpha value is -1.47. The Balaban J connectivity index is 2.40. The average molecular weight is 288 g/mol. The molecule has 5 nitrogen and oxygen atoms in total. The van der Waals surface area contributed by atoms with Gasteiger partial charge in [-0.1, -0.05) is 0 Å². The Morgan fingerprint density at radius 3 is 2.53 bits per heavy atom. The fourth-order valence-corrected chi connectivity index (χ4v) is 3.76. The second kappa shape index (κ2) is 5.26. The second-order valence-corrected chi connectivity index (χ2v) is 6.53. The number of benzene rings is 1. The van der Waals surface area contributed by atoms with Crippen LogP contribution in [0.2, 0.25) is 0 Å². The Labute approximate surface area is 109 Å². The standard InChI is InChI=1S/C12H13FO5S/c13-11-2-1-9(7-10(11)12(14)15)19(16,17)8-3-5-18-6-4-8/h1-2,7-8H,3-6H2,(H,14,15). The van der Waals surface area contributed by atoms with Crippen molar-refractivity contribution >= 4 is 15.8 Å². The molecule has 1 saturated heterocycles. The van der Waals surface area contributed by atoms with E-state index in [9.17, 15) is 17.6 Å². The molecular weight excluding hydrogens is 275 g/mol. The molecule has 19 heavy (non-hydrogen) atoms. The molecule has 0 radical (unpaired) electrons. The number of hydrogen-bond donors (Lipinski definition) is 1. The summed E-state index contributed by atoms with van der Waals surface area (Å²) in [5.41, 5.74) is -0.631. The number of carboxylic acid groups (broad SMARTS) is 1. The number of ether oxygens (including phenoxy) is 1. The highest BCUT2D eigenvalue weighted by atomic mass is 32.2. The normalized spacial score (nSPS) is 17.3. The van der Waals surface area contributed by atoms with E-state index in [4.69, 9.17) is 9.84 Å². The molecule has 1 heterocycles. The van der Waals surface area contributed by atoms with E-state index in [-0.39, 0.29) is 4.90 Å². The molecule has 0 atom stereocenters. The Bertz CT molecular complexity index is 590. The fourth-order valence-electron chi connectivity index (χ4n) is 2.02. The zero-order valence-corrected chi connectivity index (χ0v) is 10.8. The minimum atomic E-state index is -3.64. The van der Waals surface area contributed by atoms with Crippen molar-refractivity contribution in [3.63, 3.8) is 0 Å². The molecule has 0 amide bonds. The summed E-state index contributed by atoms with van der Waals surface area (Å²) >= 11 is 0. The van der Waals surface area contributed by atoms with E-state index in [1.54, 1.807) is 0 Å². The highest BCUT2D eigenvalue weighted by Gasteiger charge is 2.30. The summed E-state index contributed by atoms with van der Waals surface area (Å²) in [6.07, 6.45) is 0.726. The highest BCUT2D eigenvalue weighted by Crippen LogP contribution is 2.25. The number of carboxylic acids is 1. The predicted molar refractivity (Wildman–Crippen MR) is 64.4 cm³/mol. The third-order valence-electron chi connectivity index (χ3n) is 3.10. The van der Waals surface area contributed by atoms with Crippen molar-refractivity contribution in [1.82, 2.24) is 0 Å². The summed E-state index contributed by atoms with van der Waals surface area (Å²) in [5, 5.41) is 8.21. The highest BCUT2D eigenvalue weighted by molar-refractivity contribution is 7.92. The third kappa shape index (κ3) is 2.76.